The Morgan fingerprint density at radius 3 is 2.47 bits per heavy atom. The highest BCUT2D eigenvalue weighted by Gasteiger charge is 2.14. The molecule has 0 amide bonds. The monoisotopic (exact) mass is 318 g/mol. The first-order valence-electron chi connectivity index (χ1n) is 4.94. The van der Waals surface area contributed by atoms with Gasteiger partial charge in [-0.05, 0) is 18.2 Å². The summed E-state index contributed by atoms with van der Waals surface area (Å²) in [5, 5.41) is 0.259. The number of halogens is 3. The molecular weight excluding hydrogens is 314 g/mol. The van der Waals surface area contributed by atoms with E-state index < -0.39 is 16.6 Å². The summed E-state index contributed by atoms with van der Waals surface area (Å²) in [6.07, 6.45) is 0. The molecule has 0 aliphatic rings. The Kier molecular flexibility index (Phi) is 4.14. The van der Waals surface area contributed by atoms with Crippen LogP contribution >= 0.6 is 34.8 Å². The standard InChI is InChI=1S/C12H5Cl3O4/c13-10(11(14)15)12(17)18-7-3-1-6-2-4-9(16)19-8(6)5-7/h1-5H. The molecule has 0 N–H and O–H groups in total. The van der Waals surface area contributed by atoms with Crippen LogP contribution in [0.25, 0.3) is 11.0 Å². The number of hydrogen-bond donors (Lipinski definition) is 0. The summed E-state index contributed by atoms with van der Waals surface area (Å²) < 4.78 is 9.48. The second-order valence-corrected chi connectivity index (χ2v) is 4.75. The lowest BCUT2D eigenvalue weighted by atomic mass is 10.2. The largest absolute Gasteiger partial charge is 0.423 e. The Hall–Kier alpha value is -1.49. The lowest BCUT2D eigenvalue weighted by molar-refractivity contribution is -0.129. The summed E-state index contributed by atoms with van der Waals surface area (Å²) >= 11 is 16.2. The Bertz CT molecular complexity index is 729. The molecule has 1 heterocycles. The van der Waals surface area contributed by atoms with Crippen LogP contribution in [-0.4, -0.2) is 5.97 Å². The Balaban J connectivity index is 2.34. The number of carbonyl (C=O) groups is 1. The van der Waals surface area contributed by atoms with E-state index in [9.17, 15) is 9.59 Å². The van der Waals surface area contributed by atoms with Crippen LogP contribution in [0.1, 0.15) is 0 Å². The fraction of sp³-hybridized carbons (Fsp3) is 0. The van der Waals surface area contributed by atoms with Crippen LogP contribution in [0.2, 0.25) is 0 Å². The molecule has 19 heavy (non-hydrogen) atoms. The summed E-state index contributed by atoms with van der Waals surface area (Å²) in [6.45, 7) is 0. The number of fused-ring (bicyclic) bond motifs is 1. The van der Waals surface area contributed by atoms with Crippen molar-refractivity contribution in [3.8, 4) is 5.75 Å². The fourth-order valence-corrected chi connectivity index (χ4v) is 1.53. The molecule has 7 heteroatoms. The zero-order valence-corrected chi connectivity index (χ0v) is 11.4. The van der Waals surface area contributed by atoms with Crippen LogP contribution in [0, 0.1) is 0 Å². The number of hydrogen-bond acceptors (Lipinski definition) is 4. The van der Waals surface area contributed by atoms with Crippen molar-refractivity contribution < 1.29 is 13.9 Å². The van der Waals surface area contributed by atoms with Gasteiger partial charge in [0.15, 0.2) is 5.03 Å². The van der Waals surface area contributed by atoms with Crippen molar-refractivity contribution in [2.75, 3.05) is 0 Å². The molecule has 0 radical (unpaired) electrons. The van der Waals surface area contributed by atoms with Gasteiger partial charge < -0.3 is 9.15 Å². The third kappa shape index (κ3) is 3.29. The van der Waals surface area contributed by atoms with Crippen molar-refractivity contribution in [3.05, 3.63) is 50.3 Å². The highest BCUT2D eigenvalue weighted by Crippen LogP contribution is 2.23. The number of carbonyl (C=O) groups excluding carboxylic acids is 1. The molecule has 0 aliphatic carbocycles. The smallest absolute Gasteiger partial charge is 0.357 e. The normalized spacial score (nSPS) is 10.3. The van der Waals surface area contributed by atoms with Crippen molar-refractivity contribution in [3.63, 3.8) is 0 Å². The van der Waals surface area contributed by atoms with E-state index in [1.165, 1.54) is 18.2 Å². The topological polar surface area (TPSA) is 56.5 Å². The Labute approximate surface area is 122 Å². The molecule has 0 saturated heterocycles. The van der Waals surface area contributed by atoms with Gasteiger partial charge in [-0.15, -0.1) is 0 Å². The molecular formula is C12H5Cl3O4. The molecule has 0 atom stereocenters. The molecule has 2 rings (SSSR count). The molecule has 1 aromatic carbocycles. The first-order chi connectivity index (χ1) is 8.97. The molecule has 0 fully saturated rings. The molecule has 0 aliphatic heterocycles. The third-order valence-electron chi connectivity index (χ3n) is 2.15. The van der Waals surface area contributed by atoms with Crippen molar-refractivity contribution in [2.24, 2.45) is 0 Å². The van der Waals surface area contributed by atoms with Gasteiger partial charge >= 0.3 is 11.6 Å². The van der Waals surface area contributed by atoms with Crippen molar-refractivity contribution in [1.82, 2.24) is 0 Å². The minimum Gasteiger partial charge on any atom is -0.423 e. The van der Waals surface area contributed by atoms with Gasteiger partial charge in [0.1, 0.15) is 15.8 Å². The first-order valence-corrected chi connectivity index (χ1v) is 6.07. The maximum atomic E-state index is 11.5. The summed E-state index contributed by atoms with van der Waals surface area (Å²) in [5.74, 6) is -0.751. The zero-order valence-electron chi connectivity index (χ0n) is 9.15. The summed E-state index contributed by atoms with van der Waals surface area (Å²) in [7, 11) is 0. The van der Waals surface area contributed by atoms with Crippen LogP contribution in [0.5, 0.6) is 5.75 Å². The van der Waals surface area contributed by atoms with E-state index in [4.69, 9.17) is 44.0 Å². The number of rotatable bonds is 2. The van der Waals surface area contributed by atoms with Gasteiger partial charge in [-0.3, -0.25) is 0 Å². The highest BCUT2D eigenvalue weighted by atomic mass is 35.5. The number of ether oxygens (including phenoxy) is 1. The van der Waals surface area contributed by atoms with Gasteiger partial charge in [0, 0.05) is 17.5 Å². The maximum absolute atomic E-state index is 11.5. The van der Waals surface area contributed by atoms with E-state index in [0.29, 0.717) is 5.39 Å². The first kappa shape index (κ1) is 13.9. The van der Waals surface area contributed by atoms with Gasteiger partial charge in [-0.1, -0.05) is 34.8 Å². The van der Waals surface area contributed by atoms with E-state index in [2.05, 4.69) is 0 Å². The molecule has 1 aromatic heterocycles. The Morgan fingerprint density at radius 2 is 1.79 bits per heavy atom. The van der Waals surface area contributed by atoms with E-state index in [1.54, 1.807) is 12.1 Å². The van der Waals surface area contributed by atoms with Crippen molar-refractivity contribution in [1.29, 1.82) is 0 Å². The quantitative estimate of drug-likeness (QED) is 0.367. The lowest BCUT2D eigenvalue weighted by Gasteiger charge is -2.04. The van der Waals surface area contributed by atoms with Gasteiger partial charge in [-0.25, -0.2) is 9.59 Å². The van der Waals surface area contributed by atoms with Crippen LogP contribution in [0.15, 0.2) is 49.1 Å². The predicted octanol–water partition coefficient (Wildman–Crippen LogP) is 3.58. The highest BCUT2D eigenvalue weighted by molar-refractivity contribution is 6.62. The molecule has 0 bridgehead atoms. The molecule has 0 unspecified atom stereocenters. The fourth-order valence-electron chi connectivity index (χ4n) is 1.33. The summed E-state index contributed by atoms with van der Waals surface area (Å²) in [6, 6.07) is 7.42. The minimum atomic E-state index is -0.903. The number of benzene rings is 1. The second-order valence-electron chi connectivity index (χ2n) is 3.42. The summed E-state index contributed by atoms with van der Waals surface area (Å²) in [4.78, 5) is 22.6. The Morgan fingerprint density at radius 1 is 1.11 bits per heavy atom. The molecule has 0 saturated carbocycles. The molecule has 98 valence electrons. The van der Waals surface area contributed by atoms with Crippen LogP contribution in [-0.2, 0) is 4.79 Å². The SMILES string of the molecule is O=C(Oc1ccc2ccc(=O)oc2c1)C(Cl)=C(Cl)Cl. The van der Waals surface area contributed by atoms with Gasteiger partial charge in [0.2, 0.25) is 0 Å². The molecule has 2 aromatic rings. The van der Waals surface area contributed by atoms with Gasteiger partial charge in [0.25, 0.3) is 0 Å². The lowest BCUT2D eigenvalue weighted by Crippen LogP contribution is -2.08. The predicted molar refractivity (Wildman–Crippen MR) is 72.7 cm³/mol. The second kappa shape index (κ2) is 5.65. The maximum Gasteiger partial charge on any atom is 0.357 e. The van der Waals surface area contributed by atoms with E-state index >= 15 is 0 Å². The number of esters is 1. The average molecular weight is 320 g/mol. The van der Waals surface area contributed by atoms with E-state index in [1.807, 2.05) is 0 Å². The van der Waals surface area contributed by atoms with Crippen molar-refractivity contribution >= 4 is 51.7 Å². The average Bonchev–Trinajstić information content (AvgIpc) is 2.37. The van der Waals surface area contributed by atoms with Crippen LogP contribution in [0.4, 0.5) is 0 Å². The van der Waals surface area contributed by atoms with Gasteiger partial charge in [0.05, 0.1) is 0 Å². The molecule has 0 spiro atoms. The summed E-state index contributed by atoms with van der Waals surface area (Å²) in [5.41, 5.74) is -0.215. The zero-order chi connectivity index (χ0) is 14.0. The third-order valence-corrected chi connectivity index (χ3v) is 3.06. The molecule has 4 nitrogen and oxygen atoms in total. The van der Waals surface area contributed by atoms with Gasteiger partial charge in [-0.2, -0.15) is 0 Å². The van der Waals surface area contributed by atoms with Crippen molar-refractivity contribution in [2.45, 2.75) is 0 Å². The minimum absolute atomic E-state index is 0.152. The van der Waals surface area contributed by atoms with Crippen LogP contribution < -0.4 is 10.4 Å². The van der Waals surface area contributed by atoms with E-state index in [-0.39, 0.29) is 15.8 Å². The van der Waals surface area contributed by atoms with E-state index in [0.717, 1.165) is 0 Å². The van der Waals surface area contributed by atoms with Crippen LogP contribution in [0.3, 0.4) is 0 Å².